The lowest BCUT2D eigenvalue weighted by atomic mass is 9.98. The van der Waals surface area contributed by atoms with Gasteiger partial charge in [0.25, 0.3) is 5.69 Å². The van der Waals surface area contributed by atoms with E-state index >= 15 is 0 Å². The molecule has 0 radical (unpaired) electrons. The molecule has 0 amide bonds. The Morgan fingerprint density at radius 3 is 2.79 bits per heavy atom. The number of nitrogens with one attached hydrogen (secondary N) is 1. The van der Waals surface area contributed by atoms with Crippen LogP contribution in [0.3, 0.4) is 0 Å². The SMILES string of the molecule is O=[N+]([O-])c1cc(C2CCN2)ccc1I. The molecule has 0 saturated carbocycles. The second-order valence-electron chi connectivity index (χ2n) is 3.26. The van der Waals surface area contributed by atoms with E-state index in [1.54, 1.807) is 12.1 Å². The standard InChI is InChI=1S/C9H9IN2O2/c10-7-2-1-6(8-3-4-11-8)5-9(7)12(13)14/h1-2,5,8,11H,3-4H2. The van der Waals surface area contributed by atoms with Gasteiger partial charge in [0.05, 0.1) is 8.49 Å². The molecule has 1 heterocycles. The molecule has 1 aliphatic heterocycles. The summed E-state index contributed by atoms with van der Waals surface area (Å²) in [7, 11) is 0. The number of hydrogen-bond donors (Lipinski definition) is 1. The van der Waals surface area contributed by atoms with Crippen LogP contribution in [-0.4, -0.2) is 11.5 Å². The monoisotopic (exact) mass is 304 g/mol. The Hall–Kier alpha value is -0.690. The second-order valence-corrected chi connectivity index (χ2v) is 4.43. The molecule has 2 rings (SSSR count). The molecular formula is C9H9IN2O2. The van der Waals surface area contributed by atoms with Crippen LogP contribution in [0.1, 0.15) is 18.0 Å². The van der Waals surface area contributed by atoms with Crippen molar-refractivity contribution in [3.8, 4) is 0 Å². The van der Waals surface area contributed by atoms with Crippen LogP contribution in [0.2, 0.25) is 0 Å². The van der Waals surface area contributed by atoms with E-state index in [1.165, 1.54) is 0 Å². The first-order valence-corrected chi connectivity index (χ1v) is 5.43. The first-order chi connectivity index (χ1) is 6.68. The van der Waals surface area contributed by atoms with Crippen LogP contribution >= 0.6 is 22.6 Å². The number of halogens is 1. The first kappa shape index (κ1) is 9.85. The summed E-state index contributed by atoms with van der Waals surface area (Å²) in [5, 5.41) is 13.9. The van der Waals surface area contributed by atoms with Crippen molar-refractivity contribution in [3.05, 3.63) is 37.4 Å². The van der Waals surface area contributed by atoms with E-state index in [0.717, 1.165) is 18.5 Å². The zero-order valence-corrected chi connectivity index (χ0v) is 9.52. The Kier molecular flexibility index (Phi) is 2.69. The lowest BCUT2D eigenvalue weighted by Crippen LogP contribution is -2.34. The third-order valence-corrected chi connectivity index (χ3v) is 3.31. The molecule has 1 unspecified atom stereocenters. The number of rotatable bonds is 2. The molecule has 1 aromatic rings. The molecular weight excluding hydrogens is 295 g/mol. The van der Waals surface area contributed by atoms with Crippen molar-refractivity contribution in [3.63, 3.8) is 0 Å². The highest BCUT2D eigenvalue weighted by atomic mass is 127. The third kappa shape index (κ3) is 1.74. The molecule has 1 N–H and O–H groups in total. The smallest absolute Gasteiger partial charge is 0.282 e. The van der Waals surface area contributed by atoms with Crippen molar-refractivity contribution in [2.24, 2.45) is 0 Å². The minimum Gasteiger partial charge on any atom is -0.310 e. The molecule has 5 heteroatoms. The van der Waals surface area contributed by atoms with Crippen molar-refractivity contribution in [2.75, 3.05) is 6.54 Å². The van der Waals surface area contributed by atoms with Gasteiger partial charge in [0.1, 0.15) is 0 Å². The number of nitrogens with zero attached hydrogens (tertiary/aromatic N) is 1. The summed E-state index contributed by atoms with van der Waals surface area (Å²) in [5.74, 6) is 0. The fraction of sp³-hybridized carbons (Fsp3) is 0.333. The van der Waals surface area contributed by atoms with Crippen LogP contribution in [-0.2, 0) is 0 Å². The van der Waals surface area contributed by atoms with Crippen LogP contribution in [0.4, 0.5) is 5.69 Å². The van der Waals surface area contributed by atoms with Gasteiger partial charge in [-0.15, -0.1) is 0 Å². The maximum absolute atomic E-state index is 10.7. The van der Waals surface area contributed by atoms with Gasteiger partial charge in [-0.25, -0.2) is 0 Å². The number of benzene rings is 1. The van der Waals surface area contributed by atoms with Crippen molar-refractivity contribution in [1.82, 2.24) is 5.32 Å². The van der Waals surface area contributed by atoms with Crippen LogP contribution in [0.25, 0.3) is 0 Å². The third-order valence-electron chi connectivity index (χ3n) is 2.39. The molecule has 4 nitrogen and oxygen atoms in total. The van der Waals surface area contributed by atoms with E-state index in [4.69, 9.17) is 0 Å². The van der Waals surface area contributed by atoms with Gasteiger partial charge in [-0.2, -0.15) is 0 Å². The molecule has 1 aromatic carbocycles. The van der Waals surface area contributed by atoms with Crippen LogP contribution in [0.5, 0.6) is 0 Å². The normalized spacial score (nSPS) is 20.2. The predicted octanol–water partition coefficient (Wildman–Crippen LogP) is 2.23. The topological polar surface area (TPSA) is 55.2 Å². The van der Waals surface area contributed by atoms with Gasteiger partial charge in [0, 0.05) is 12.1 Å². The Labute approximate surface area is 95.0 Å². The van der Waals surface area contributed by atoms with E-state index in [9.17, 15) is 10.1 Å². The Morgan fingerprint density at radius 1 is 1.57 bits per heavy atom. The largest absolute Gasteiger partial charge is 0.310 e. The van der Waals surface area contributed by atoms with E-state index in [2.05, 4.69) is 5.32 Å². The molecule has 0 bridgehead atoms. The summed E-state index contributed by atoms with van der Waals surface area (Å²) in [6.07, 6.45) is 1.07. The molecule has 1 saturated heterocycles. The summed E-state index contributed by atoms with van der Waals surface area (Å²) >= 11 is 1.98. The Morgan fingerprint density at radius 2 is 2.29 bits per heavy atom. The van der Waals surface area contributed by atoms with Gasteiger partial charge in [0.15, 0.2) is 0 Å². The van der Waals surface area contributed by atoms with Crippen LogP contribution in [0, 0.1) is 13.7 Å². The average Bonchev–Trinajstić information content (AvgIpc) is 2.04. The minimum absolute atomic E-state index is 0.205. The molecule has 0 aliphatic carbocycles. The summed E-state index contributed by atoms with van der Waals surface area (Å²) in [4.78, 5) is 10.4. The van der Waals surface area contributed by atoms with Crippen LogP contribution in [0.15, 0.2) is 18.2 Å². The summed E-state index contributed by atoms with van der Waals surface area (Å²) in [6, 6.07) is 5.73. The number of nitro benzene ring substituents is 1. The zero-order chi connectivity index (χ0) is 10.1. The zero-order valence-electron chi connectivity index (χ0n) is 7.37. The van der Waals surface area contributed by atoms with Gasteiger partial charge in [-0.05, 0) is 47.2 Å². The highest BCUT2D eigenvalue weighted by Gasteiger charge is 2.21. The van der Waals surface area contributed by atoms with Crippen LogP contribution < -0.4 is 5.32 Å². The fourth-order valence-corrected chi connectivity index (χ4v) is 1.99. The minimum atomic E-state index is -0.329. The number of nitro groups is 1. The predicted molar refractivity (Wildman–Crippen MR) is 61.2 cm³/mol. The molecule has 1 fully saturated rings. The van der Waals surface area contributed by atoms with E-state index in [1.807, 2.05) is 28.7 Å². The van der Waals surface area contributed by atoms with Gasteiger partial charge in [0.2, 0.25) is 0 Å². The van der Waals surface area contributed by atoms with Crippen molar-refractivity contribution >= 4 is 28.3 Å². The highest BCUT2D eigenvalue weighted by molar-refractivity contribution is 14.1. The molecule has 1 aliphatic rings. The Balaban J connectivity index is 2.34. The summed E-state index contributed by atoms with van der Waals surface area (Å²) in [6.45, 7) is 1.00. The molecule has 0 spiro atoms. The molecule has 14 heavy (non-hydrogen) atoms. The van der Waals surface area contributed by atoms with Crippen molar-refractivity contribution in [1.29, 1.82) is 0 Å². The van der Waals surface area contributed by atoms with Gasteiger partial charge < -0.3 is 5.32 Å². The quantitative estimate of drug-likeness (QED) is 0.518. The molecule has 0 aromatic heterocycles. The van der Waals surface area contributed by atoms with E-state index in [0.29, 0.717) is 9.61 Å². The van der Waals surface area contributed by atoms with Crippen molar-refractivity contribution < 1.29 is 4.92 Å². The maximum atomic E-state index is 10.7. The van der Waals surface area contributed by atoms with Gasteiger partial charge in [-0.3, -0.25) is 10.1 Å². The Bertz CT molecular complexity index is 377. The number of hydrogen-bond acceptors (Lipinski definition) is 3. The highest BCUT2D eigenvalue weighted by Crippen LogP contribution is 2.28. The summed E-state index contributed by atoms with van der Waals surface area (Å²) < 4.78 is 0.690. The van der Waals surface area contributed by atoms with Gasteiger partial charge in [-0.1, -0.05) is 6.07 Å². The van der Waals surface area contributed by atoms with E-state index in [-0.39, 0.29) is 10.6 Å². The first-order valence-electron chi connectivity index (χ1n) is 4.35. The lowest BCUT2D eigenvalue weighted by molar-refractivity contribution is -0.385. The maximum Gasteiger partial charge on any atom is 0.282 e. The lowest BCUT2D eigenvalue weighted by Gasteiger charge is -2.27. The molecule has 74 valence electrons. The fourth-order valence-electron chi connectivity index (χ4n) is 1.46. The summed E-state index contributed by atoms with van der Waals surface area (Å²) in [5.41, 5.74) is 1.22. The van der Waals surface area contributed by atoms with Gasteiger partial charge >= 0.3 is 0 Å². The van der Waals surface area contributed by atoms with Crippen molar-refractivity contribution in [2.45, 2.75) is 12.5 Å². The molecule has 1 atom stereocenters. The average molecular weight is 304 g/mol. The second kappa shape index (κ2) is 3.82. The van der Waals surface area contributed by atoms with E-state index < -0.39 is 0 Å².